The van der Waals surface area contributed by atoms with Crippen molar-refractivity contribution in [2.75, 3.05) is 12.4 Å². The van der Waals surface area contributed by atoms with Gasteiger partial charge in [-0.05, 0) is 29.8 Å². The van der Waals surface area contributed by atoms with Crippen LogP contribution in [0.4, 0.5) is 5.95 Å². The van der Waals surface area contributed by atoms with Gasteiger partial charge in [-0.2, -0.15) is 4.98 Å². The van der Waals surface area contributed by atoms with Gasteiger partial charge in [0.25, 0.3) is 5.91 Å². The van der Waals surface area contributed by atoms with Crippen molar-refractivity contribution in [1.82, 2.24) is 15.2 Å². The number of anilines is 1. The van der Waals surface area contributed by atoms with Crippen molar-refractivity contribution in [3.8, 4) is 17.1 Å². The summed E-state index contributed by atoms with van der Waals surface area (Å²) in [6.45, 7) is 0. The highest BCUT2D eigenvalue weighted by molar-refractivity contribution is 9.10. The van der Waals surface area contributed by atoms with E-state index in [1.807, 2.05) is 48.5 Å². The van der Waals surface area contributed by atoms with Gasteiger partial charge in [0, 0.05) is 16.1 Å². The Morgan fingerprint density at radius 1 is 1.24 bits per heavy atom. The van der Waals surface area contributed by atoms with E-state index in [9.17, 15) is 4.79 Å². The summed E-state index contributed by atoms with van der Waals surface area (Å²) in [5.41, 5.74) is 1.72. The van der Waals surface area contributed by atoms with E-state index < -0.39 is 0 Å². The number of nitrogens with zero attached hydrogens (tertiary/aromatic N) is 2. The molecule has 0 aliphatic rings. The lowest BCUT2D eigenvalue weighted by atomic mass is 10.2. The third-order valence-electron chi connectivity index (χ3n) is 3.37. The van der Waals surface area contributed by atoms with Crippen LogP contribution in [0.5, 0.6) is 5.75 Å². The number of carbonyl (C=O) groups is 1. The van der Waals surface area contributed by atoms with E-state index in [1.54, 1.807) is 13.2 Å². The highest BCUT2D eigenvalue weighted by atomic mass is 79.9. The number of H-pyrrole nitrogens is 1. The van der Waals surface area contributed by atoms with Crippen molar-refractivity contribution in [2.45, 2.75) is 0 Å². The molecule has 0 unspecified atom stereocenters. The number of aromatic nitrogens is 3. The molecule has 7 heteroatoms. The quantitative estimate of drug-likeness (QED) is 0.638. The van der Waals surface area contributed by atoms with Crippen LogP contribution in [0.15, 0.2) is 59.1 Å². The Morgan fingerprint density at radius 2 is 2.08 bits per heavy atom. The SMILES string of the molecule is COc1cccc(/C=C/C(=O)Nc2n[nH]c(-c3ccccc3Br)n2)c1. The van der Waals surface area contributed by atoms with Crippen molar-refractivity contribution in [3.05, 3.63) is 64.6 Å². The van der Waals surface area contributed by atoms with Crippen LogP contribution < -0.4 is 10.1 Å². The zero-order chi connectivity index (χ0) is 17.6. The first kappa shape index (κ1) is 16.9. The molecule has 1 amide bonds. The van der Waals surface area contributed by atoms with Crippen molar-refractivity contribution < 1.29 is 9.53 Å². The molecule has 3 rings (SSSR count). The van der Waals surface area contributed by atoms with Crippen LogP contribution in [0.3, 0.4) is 0 Å². The summed E-state index contributed by atoms with van der Waals surface area (Å²) in [6, 6.07) is 15.0. The smallest absolute Gasteiger partial charge is 0.250 e. The molecule has 6 nitrogen and oxygen atoms in total. The van der Waals surface area contributed by atoms with Gasteiger partial charge in [0.05, 0.1) is 7.11 Å². The number of hydrogen-bond donors (Lipinski definition) is 2. The van der Waals surface area contributed by atoms with E-state index in [0.717, 1.165) is 21.3 Å². The van der Waals surface area contributed by atoms with Crippen LogP contribution in [0.25, 0.3) is 17.5 Å². The second-order valence-corrected chi connectivity index (χ2v) is 5.94. The van der Waals surface area contributed by atoms with Crippen LogP contribution in [0, 0.1) is 0 Å². The predicted molar refractivity (Wildman–Crippen MR) is 100 cm³/mol. The van der Waals surface area contributed by atoms with Crippen LogP contribution in [0.2, 0.25) is 0 Å². The molecular formula is C18H15BrN4O2. The predicted octanol–water partition coefficient (Wildman–Crippen LogP) is 3.89. The van der Waals surface area contributed by atoms with Gasteiger partial charge in [0.1, 0.15) is 5.75 Å². The molecule has 0 aliphatic carbocycles. The fourth-order valence-electron chi connectivity index (χ4n) is 2.16. The average molecular weight is 399 g/mol. The van der Waals surface area contributed by atoms with Gasteiger partial charge in [-0.1, -0.05) is 46.3 Å². The first-order chi connectivity index (χ1) is 12.2. The first-order valence-electron chi connectivity index (χ1n) is 7.46. The Hall–Kier alpha value is -2.93. The molecule has 0 aliphatic heterocycles. The monoisotopic (exact) mass is 398 g/mol. The Morgan fingerprint density at radius 3 is 2.88 bits per heavy atom. The third-order valence-corrected chi connectivity index (χ3v) is 4.06. The van der Waals surface area contributed by atoms with Crippen molar-refractivity contribution >= 4 is 33.9 Å². The molecule has 126 valence electrons. The molecule has 0 spiro atoms. The van der Waals surface area contributed by atoms with Crippen molar-refractivity contribution in [2.24, 2.45) is 0 Å². The van der Waals surface area contributed by atoms with Crippen LogP contribution in [-0.4, -0.2) is 28.2 Å². The van der Waals surface area contributed by atoms with Crippen LogP contribution in [-0.2, 0) is 4.79 Å². The number of hydrogen-bond acceptors (Lipinski definition) is 4. The summed E-state index contributed by atoms with van der Waals surface area (Å²) in [5.74, 6) is 1.20. The highest BCUT2D eigenvalue weighted by Crippen LogP contribution is 2.25. The molecule has 1 aromatic heterocycles. The standard InChI is InChI=1S/C18H15BrN4O2/c1-25-13-6-4-5-12(11-13)9-10-16(24)20-18-21-17(22-23-18)14-7-2-3-8-15(14)19/h2-11H,1H3,(H2,20,21,22,23,24)/b10-9+. The number of nitrogens with one attached hydrogen (secondary N) is 2. The third kappa shape index (κ3) is 4.33. The zero-order valence-electron chi connectivity index (χ0n) is 13.4. The topological polar surface area (TPSA) is 79.9 Å². The van der Waals surface area contributed by atoms with Gasteiger partial charge < -0.3 is 4.74 Å². The molecule has 0 saturated heterocycles. The summed E-state index contributed by atoms with van der Waals surface area (Å²) < 4.78 is 6.04. The number of amides is 1. The summed E-state index contributed by atoms with van der Waals surface area (Å²) >= 11 is 3.46. The second kappa shape index (κ2) is 7.76. The highest BCUT2D eigenvalue weighted by Gasteiger charge is 2.09. The number of carbonyl (C=O) groups excluding carboxylic acids is 1. The van der Waals surface area contributed by atoms with Crippen LogP contribution in [0.1, 0.15) is 5.56 Å². The summed E-state index contributed by atoms with van der Waals surface area (Å²) in [6.07, 6.45) is 3.11. The molecule has 0 bridgehead atoms. The van der Waals surface area contributed by atoms with Crippen molar-refractivity contribution in [1.29, 1.82) is 0 Å². The summed E-state index contributed by atoms with van der Waals surface area (Å²) in [5, 5.41) is 9.45. The van der Waals surface area contributed by atoms with E-state index in [-0.39, 0.29) is 11.9 Å². The minimum atomic E-state index is -0.319. The molecule has 2 N–H and O–H groups in total. The minimum absolute atomic E-state index is 0.214. The Kier molecular flexibility index (Phi) is 5.25. The number of rotatable bonds is 5. The molecule has 1 heterocycles. The van der Waals surface area contributed by atoms with E-state index in [4.69, 9.17) is 4.74 Å². The van der Waals surface area contributed by atoms with E-state index in [2.05, 4.69) is 36.4 Å². The number of methoxy groups -OCH3 is 1. The fraction of sp³-hybridized carbons (Fsp3) is 0.0556. The molecular weight excluding hydrogens is 384 g/mol. The lowest BCUT2D eigenvalue weighted by molar-refractivity contribution is -0.111. The number of ether oxygens (including phenoxy) is 1. The van der Waals surface area contributed by atoms with Crippen molar-refractivity contribution in [3.63, 3.8) is 0 Å². The molecule has 0 saturated carbocycles. The maximum atomic E-state index is 12.0. The molecule has 0 fully saturated rings. The molecule has 25 heavy (non-hydrogen) atoms. The molecule has 0 radical (unpaired) electrons. The van der Waals surface area contributed by atoms with E-state index >= 15 is 0 Å². The fourth-order valence-corrected chi connectivity index (χ4v) is 2.63. The van der Waals surface area contributed by atoms with Gasteiger partial charge in [-0.3, -0.25) is 15.2 Å². The van der Waals surface area contributed by atoms with Gasteiger partial charge in [-0.15, -0.1) is 5.10 Å². The largest absolute Gasteiger partial charge is 0.497 e. The maximum absolute atomic E-state index is 12.0. The van der Waals surface area contributed by atoms with Gasteiger partial charge in [0.2, 0.25) is 5.95 Å². The lowest BCUT2D eigenvalue weighted by Gasteiger charge is -2.00. The average Bonchev–Trinajstić information content (AvgIpc) is 3.08. The van der Waals surface area contributed by atoms with Gasteiger partial charge >= 0.3 is 0 Å². The zero-order valence-corrected chi connectivity index (χ0v) is 14.9. The van der Waals surface area contributed by atoms with Gasteiger partial charge in [-0.25, -0.2) is 0 Å². The lowest BCUT2D eigenvalue weighted by Crippen LogP contribution is -2.09. The molecule has 0 atom stereocenters. The molecule has 3 aromatic rings. The van der Waals surface area contributed by atoms with E-state index in [0.29, 0.717) is 5.82 Å². The molecule has 2 aromatic carbocycles. The Balaban J connectivity index is 1.67. The maximum Gasteiger partial charge on any atom is 0.250 e. The number of benzene rings is 2. The normalized spacial score (nSPS) is 10.8. The first-order valence-corrected chi connectivity index (χ1v) is 8.25. The van der Waals surface area contributed by atoms with Crippen LogP contribution >= 0.6 is 15.9 Å². The number of aromatic amines is 1. The minimum Gasteiger partial charge on any atom is -0.497 e. The number of halogens is 1. The Labute approximate surface area is 153 Å². The summed E-state index contributed by atoms with van der Waals surface area (Å²) in [4.78, 5) is 16.3. The second-order valence-electron chi connectivity index (χ2n) is 5.09. The van der Waals surface area contributed by atoms with Gasteiger partial charge in [0.15, 0.2) is 5.82 Å². The Bertz CT molecular complexity index is 921. The summed E-state index contributed by atoms with van der Waals surface area (Å²) in [7, 11) is 1.60. The van der Waals surface area contributed by atoms with E-state index in [1.165, 1.54) is 6.08 Å².